The van der Waals surface area contributed by atoms with Crippen LogP contribution in [0.25, 0.3) is 0 Å². The molecule has 0 radical (unpaired) electrons. The molecular formula is C10H19F2NO3. The van der Waals surface area contributed by atoms with Gasteiger partial charge in [0.2, 0.25) is 0 Å². The first-order chi connectivity index (χ1) is 7.46. The van der Waals surface area contributed by atoms with Crippen molar-refractivity contribution in [3.63, 3.8) is 0 Å². The second-order valence-corrected chi connectivity index (χ2v) is 3.66. The van der Waals surface area contributed by atoms with E-state index < -0.39 is 24.5 Å². The van der Waals surface area contributed by atoms with Crippen molar-refractivity contribution in [1.82, 2.24) is 5.32 Å². The molecule has 6 heteroatoms. The Bertz CT molecular complexity index is 214. The number of hydrogen-bond acceptors (Lipinski definition) is 4. The summed E-state index contributed by atoms with van der Waals surface area (Å²) in [5.74, 6) is -0.518. The number of esters is 1. The Balaban J connectivity index is 4.24. The van der Waals surface area contributed by atoms with Gasteiger partial charge in [-0.1, -0.05) is 6.92 Å². The van der Waals surface area contributed by atoms with Crippen LogP contribution in [-0.4, -0.2) is 44.8 Å². The highest BCUT2D eigenvalue weighted by Crippen LogP contribution is 2.08. The van der Waals surface area contributed by atoms with Gasteiger partial charge in [-0.05, 0) is 19.9 Å². The lowest BCUT2D eigenvalue weighted by atomic mass is 10.0. The van der Waals surface area contributed by atoms with Crippen LogP contribution in [0.5, 0.6) is 0 Å². The van der Waals surface area contributed by atoms with Gasteiger partial charge in [0, 0.05) is 0 Å². The molecule has 4 nitrogen and oxygen atoms in total. The smallest absolute Gasteiger partial charge is 0.328 e. The van der Waals surface area contributed by atoms with E-state index in [9.17, 15) is 13.6 Å². The van der Waals surface area contributed by atoms with E-state index in [1.165, 1.54) is 7.11 Å². The number of alkyl halides is 2. The van der Waals surface area contributed by atoms with E-state index in [1.54, 1.807) is 6.92 Å². The van der Waals surface area contributed by atoms with E-state index in [0.29, 0.717) is 6.54 Å². The van der Waals surface area contributed by atoms with Gasteiger partial charge in [-0.3, -0.25) is 0 Å². The minimum atomic E-state index is -2.53. The van der Waals surface area contributed by atoms with Crippen molar-refractivity contribution in [2.24, 2.45) is 0 Å². The fraction of sp³-hybridized carbons (Fsp3) is 0.900. The number of halogens is 2. The van der Waals surface area contributed by atoms with E-state index in [2.05, 4.69) is 10.1 Å². The molecule has 0 spiro atoms. The van der Waals surface area contributed by atoms with Crippen LogP contribution in [0.1, 0.15) is 20.3 Å². The zero-order valence-corrected chi connectivity index (χ0v) is 9.89. The Morgan fingerprint density at radius 2 is 2.12 bits per heavy atom. The van der Waals surface area contributed by atoms with Gasteiger partial charge >= 0.3 is 5.97 Å². The lowest BCUT2D eigenvalue weighted by Gasteiger charge is -2.27. The van der Waals surface area contributed by atoms with Gasteiger partial charge in [-0.25, -0.2) is 13.6 Å². The standard InChI is InChI=1S/C10H19F2NO3/c1-4-5-13-10(2,9(14)15-3)7-16-6-8(11)12/h8,13H,4-7H2,1-3H3. The molecule has 1 atom stereocenters. The normalized spacial score (nSPS) is 14.9. The van der Waals surface area contributed by atoms with E-state index in [1.807, 2.05) is 6.92 Å². The van der Waals surface area contributed by atoms with Gasteiger partial charge in [-0.2, -0.15) is 0 Å². The largest absolute Gasteiger partial charge is 0.468 e. The zero-order valence-electron chi connectivity index (χ0n) is 9.89. The Hall–Kier alpha value is -0.750. The fourth-order valence-corrected chi connectivity index (χ4v) is 1.16. The highest BCUT2D eigenvalue weighted by atomic mass is 19.3. The predicted octanol–water partition coefficient (Wildman–Crippen LogP) is 1.20. The molecule has 0 aromatic rings. The molecule has 0 aromatic carbocycles. The fourth-order valence-electron chi connectivity index (χ4n) is 1.16. The summed E-state index contributed by atoms with van der Waals surface area (Å²) >= 11 is 0. The average molecular weight is 239 g/mol. The maximum absolute atomic E-state index is 11.9. The Kier molecular flexibility index (Phi) is 7.16. The third kappa shape index (κ3) is 5.37. The number of ether oxygens (including phenoxy) is 2. The molecule has 96 valence electrons. The molecule has 16 heavy (non-hydrogen) atoms. The minimum Gasteiger partial charge on any atom is -0.468 e. The summed E-state index contributed by atoms with van der Waals surface area (Å²) in [6.07, 6.45) is -1.71. The molecule has 0 fully saturated rings. The molecule has 0 aliphatic rings. The first kappa shape index (κ1) is 15.2. The highest BCUT2D eigenvalue weighted by Gasteiger charge is 2.34. The van der Waals surface area contributed by atoms with Gasteiger partial charge in [-0.15, -0.1) is 0 Å². The molecule has 0 aliphatic carbocycles. The molecule has 0 amide bonds. The van der Waals surface area contributed by atoms with Crippen molar-refractivity contribution < 1.29 is 23.0 Å². The summed E-state index contributed by atoms with van der Waals surface area (Å²) < 4.78 is 33.1. The number of carbonyl (C=O) groups excluding carboxylic acids is 1. The van der Waals surface area contributed by atoms with Crippen LogP contribution in [-0.2, 0) is 14.3 Å². The van der Waals surface area contributed by atoms with Crippen LogP contribution in [0.4, 0.5) is 8.78 Å². The van der Waals surface area contributed by atoms with Crippen molar-refractivity contribution in [2.45, 2.75) is 32.2 Å². The van der Waals surface area contributed by atoms with Crippen LogP contribution < -0.4 is 5.32 Å². The first-order valence-corrected chi connectivity index (χ1v) is 5.15. The van der Waals surface area contributed by atoms with Crippen molar-refractivity contribution in [2.75, 3.05) is 26.9 Å². The number of carbonyl (C=O) groups is 1. The maximum Gasteiger partial charge on any atom is 0.328 e. The Morgan fingerprint density at radius 3 is 2.56 bits per heavy atom. The van der Waals surface area contributed by atoms with Gasteiger partial charge in [0.1, 0.15) is 12.1 Å². The number of nitrogens with one attached hydrogen (secondary N) is 1. The molecule has 0 saturated heterocycles. The molecule has 0 bridgehead atoms. The Morgan fingerprint density at radius 1 is 1.50 bits per heavy atom. The van der Waals surface area contributed by atoms with E-state index >= 15 is 0 Å². The van der Waals surface area contributed by atoms with Crippen LogP contribution >= 0.6 is 0 Å². The quantitative estimate of drug-likeness (QED) is 0.646. The summed E-state index contributed by atoms with van der Waals surface area (Å²) in [4.78, 5) is 11.5. The number of rotatable bonds is 8. The zero-order chi connectivity index (χ0) is 12.6. The van der Waals surface area contributed by atoms with E-state index in [-0.39, 0.29) is 6.61 Å². The number of hydrogen-bond donors (Lipinski definition) is 1. The average Bonchev–Trinajstić information content (AvgIpc) is 2.24. The van der Waals surface area contributed by atoms with Gasteiger partial charge in [0.25, 0.3) is 6.43 Å². The highest BCUT2D eigenvalue weighted by molar-refractivity contribution is 5.80. The maximum atomic E-state index is 11.9. The summed E-state index contributed by atoms with van der Waals surface area (Å²) in [7, 11) is 1.25. The van der Waals surface area contributed by atoms with Crippen LogP contribution in [0, 0.1) is 0 Å². The second-order valence-electron chi connectivity index (χ2n) is 3.66. The molecule has 0 saturated carbocycles. The lowest BCUT2D eigenvalue weighted by molar-refractivity contribution is -0.151. The molecule has 0 heterocycles. The monoisotopic (exact) mass is 239 g/mol. The summed E-state index contributed by atoms with van der Waals surface area (Å²) in [5.41, 5.74) is -1.07. The van der Waals surface area contributed by atoms with Crippen LogP contribution in [0.15, 0.2) is 0 Å². The third-order valence-electron chi connectivity index (χ3n) is 2.04. The van der Waals surface area contributed by atoms with Crippen molar-refractivity contribution in [1.29, 1.82) is 0 Å². The summed E-state index contributed by atoms with van der Waals surface area (Å²) in [6.45, 7) is 3.28. The van der Waals surface area contributed by atoms with Gasteiger partial charge in [0.05, 0.1) is 13.7 Å². The molecule has 0 rings (SSSR count). The van der Waals surface area contributed by atoms with E-state index in [0.717, 1.165) is 6.42 Å². The second kappa shape index (κ2) is 7.51. The topological polar surface area (TPSA) is 47.6 Å². The predicted molar refractivity (Wildman–Crippen MR) is 55.5 cm³/mol. The van der Waals surface area contributed by atoms with Crippen LogP contribution in [0.2, 0.25) is 0 Å². The summed E-state index contributed by atoms with van der Waals surface area (Å²) in [5, 5.41) is 2.93. The van der Waals surface area contributed by atoms with Crippen molar-refractivity contribution >= 4 is 5.97 Å². The SMILES string of the molecule is CCCNC(C)(COCC(F)F)C(=O)OC. The van der Waals surface area contributed by atoms with E-state index in [4.69, 9.17) is 4.74 Å². The molecule has 1 unspecified atom stereocenters. The molecule has 0 aliphatic heterocycles. The lowest BCUT2D eigenvalue weighted by Crippen LogP contribution is -2.54. The minimum absolute atomic E-state index is 0.135. The summed E-state index contributed by atoms with van der Waals surface area (Å²) in [6, 6.07) is 0. The molecule has 1 N–H and O–H groups in total. The van der Waals surface area contributed by atoms with Crippen molar-refractivity contribution in [3.8, 4) is 0 Å². The molecular weight excluding hydrogens is 220 g/mol. The van der Waals surface area contributed by atoms with Crippen molar-refractivity contribution in [3.05, 3.63) is 0 Å². The Labute approximate surface area is 94.3 Å². The first-order valence-electron chi connectivity index (χ1n) is 5.15. The third-order valence-corrected chi connectivity index (χ3v) is 2.04. The van der Waals surface area contributed by atoms with Crippen LogP contribution in [0.3, 0.4) is 0 Å². The molecule has 0 aromatic heterocycles. The van der Waals surface area contributed by atoms with Gasteiger partial charge in [0.15, 0.2) is 0 Å². The van der Waals surface area contributed by atoms with Gasteiger partial charge < -0.3 is 14.8 Å². The number of methoxy groups -OCH3 is 1.